The van der Waals surface area contributed by atoms with Gasteiger partial charge in [-0.25, -0.2) is 0 Å². The van der Waals surface area contributed by atoms with Gasteiger partial charge in [-0.3, -0.25) is 14.6 Å². The highest BCUT2D eigenvalue weighted by atomic mass is 16.5. The third-order valence-corrected chi connectivity index (χ3v) is 3.50. The fraction of sp³-hybridized carbons (Fsp3) is 0.211. The number of nitrogens with zero attached hydrogens (tertiary/aromatic N) is 1. The van der Waals surface area contributed by atoms with Crippen LogP contribution in [0.2, 0.25) is 0 Å². The third kappa shape index (κ3) is 5.46. The van der Waals surface area contributed by atoms with Crippen LogP contribution in [-0.2, 0) is 6.42 Å². The van der Waals surface area contributed by atoms with E-state index < -0.39 is 0 Å². The molecule has 0 atom stereocenters. The van der Waals surface area contributed by atoms with Crippen molar-refractivity contribution in [3.63, 3.8) is 0 Å². The first-order chi connectivity index (χ1) is 12.1. The van der Waals surface area contributed by atoms with Gasteiger partial charge in [-0.2, -0.15) is 0 Å². The molecule has 0 radical (unpaired) electrons. The zero-order valence-electron chi connectivity index (χ0n) is 14.1. The van der Waals surface area contributed by atoms with Gasteiger partial charge in [0.1, 0.15) is 11.4 Å². The molecule has 25 heavy (non-hydrogen) atoms. The van der Waals surface area contributed by atoms with E-state index in [2.05, 4.69) is 22.2 Å². The molecular formula is C19H21N3O3. The number of ether oxygens (including phenoxy) is 1. The number of carbonyl (C=O) groups is 2. The number of aromatic nitrogens is 1. The fourth-order valence-corrected chi connectivity index (χ4v) is 2.20. The molecule has 0 saturated carbocycles. The highest BCUT2D eigenvalue weighted by Gasteiger charge is 2.11. The molecule has 130 valence electrons. The minimum atomic E-state index is -0.318. The molecule has 1 aromatic heterocycles. The maximum absolute atomic E-state index is 12.2. The van der Waals surface area contributed by atoms with Gasteiger partial charge in [0, 0.05) is 24.8 Å². The van der Waals surface area contributed by atoms with Crippen LogP contribution < -0.4 is 15.4 Å². The van der Waals surface area contributed by atoms with E-state index in [0.717, 1.165) is 11.3 Å². The second-order valence-electron chi connectivity index (χ2n) is 5.29. The fourth-order valence-electron chi connectivity index (χ4n) is 2.20. The summed E-state index contributed by atoms with van der Waals surface area (Å²) in [6.07, 6.45) is 3.70. The van der Waals surface area contributed by atoms with E-state index in [9.17, 15) is 9.59 Å². The molecule has 0 aliphatic heterocycles. The van der Waals surface area contributed by atoms with Crippen molar-refractivity contribution >= 4 is 11.8 Å². The van der Waals surface area contributed by atoms with Crippen LogP contribution in [0.15, 0.2) is 55.3 Å². The second kappa shape index (κ2) is 9.22. The number of rotatable bonds is 8. The predicted octanol–water partition coefficient (Wildman–Crippen LogP) is 1.98. The van der Waals surface area contributed by atoms with Gasteiger partial charge in [-0.05, 0) is 36.2 Å². The molecule has 1 heterocycles. The van der Waals surface area contributed by atoms with Crippen LogP contribution in [0.4, 0.5) is 0 Å². The number of methoxy groups -OCH3 is 1. The van der Waals surface area contributed by atoms with Crippen LogP contribution in [-0.4, -0.2) is 37.0 Å². The van der Waals surface area contributed by atoms with Crippen molar-refractivity contribution in [2.45, 2.75) is 6.42 Å². The molecule has 0 aliphatic rings. The van der Waals surface area contributed by atoms with Crippen LogP contribution >= 0.6 is 0 Å². The summed E-state index contributed by atoms with van der Waals surface area (Å²) in [5.74, 6) is 0.192. The molecule has 2 aromatic rings. The molecule has 1 aromatic carbocycles. The smallest absolute Gasteiger partial charge is 0.269 e. The molecule has 6 nitrogen and oxygen atoms in total. The molecule has 2 rings (SSSR count). The average Bonchev–Trinajstić information content (AvgIpc) is 2.66. The Kier molecular flexibility index (Phi) is 6.71. The number of amides is 2. The first-order valence-corrected chi connectivity index (χ1v) is 7.90. The lowest BCUT2D eigenvalue weighted by Crippen LogP contribution is -2.28. The van der Waals surface area contributed by atoms with E-state index in [4.69, 9.17) is 4.74 Å². The van der Waals surface area contributed by atoms with Crippen LogP contribution in [0.1, 0.15) is 26.4 Å². The first-order valence-electron chi connectivity index (χ1n) is 7.90. The van der Waals surface area contributed by atoms with Crippen LogP contribution in [0.3, 0.4) is 0 Å². The molecule has 0 unspecified atom stereocenters. The molecule has 2 N–H and O–H groups in total. The molecule has 0 bridgehead atoms. The number of carbonyl (C=O) groups excluding carboxylic acids is 2. The predicted molar refractivity (Wildman–Crippen MR) is 95.8 cm³/mol. The lowest BCUT2D eigenvalue weighted by molar-refractivity contribution is 0.0949. The van der Waals surface area contributed by atoms with Gasteiger partial charge in [-0.1, -0.05) is 18.2 Å². The quantitative estimate of drug-likeness (QED) is 0.721. The minimum Gasteiger partial charge on any atom is -0.497 e. The summed E-state index contributed by atoms with van der Waals surface area (Å²) in [6.45, 7) is 4.37. The zero-order valence-corrected chi connectivity index (χ0v) is 14.1. The Hall–Kier alpha value is -3.15. The number of pyridine rings is 1. The number of hydrogen-bond acceptors (Lipinski definition) is 4. The van der Waals surface area contributed by atoms with Crippen molar-refractivity contribution in [1.29, 1.82) is 0 Å². The molecule has 2 amide bonds. The van der Waals surface area contributed by atoms with E-state index >= 15 is 0 Å². The topological polar surface area (TPSA) is 80.3 Å². The zero-order chi connectivity index (χ0) is 18.1. The van der Waals surface area contributed by atoms with E-state index in [0.29, 0.717) is 25.1 Å². The van der Waals surface area contributed by atoms with E-state index in [1.807, 2.05) is 24.3 Å². The van der Waals surface area contributed by atoms with Gasteiger partial charge in [-0.15, -0.1) is 6.58 Å². The molecule has 0 spiro atoms. The number of hydrogen-bond donors (Lipinski definition) is 2. The highest BCUT2D eigenvalue weighted by Crippen LogP contribution is 2.12. The van der Waals surface area contributed by atoms with Crippen LogP contribution in [0.25, 0.3) is 0 Å². The second-order valence-corrected chi connectivity index (χ2v) is 5.29. The van der Waals surface area contributed by atoms with Gasteiger partial charge >= 0.3 is 0 Å². The average molecular weight is 339 g/mol. The van der Waals surface area contributed by atoms with E-state index in [1.54, 1.807) is 19.3 Å². The van der Waals surface area contributed by atoms with Gasteiger partial charge in [0.05, 0.1) is 7.11 Å². The first kappa shape index (κ1) is 18.2. The largest absolute Gasteiger partial charge is 0.497 e. The van der Waals surface area contributed by atoms with Gasteiger partial charge in [0.2, 0.25) is 0 Å². The van der Waals surface area contributed by atoms with E-state index in [-0.39, 0.29) is 17.5 Å². The Balaban J connectivity index is 1.92. The summed E-state index contributed by atoms with van der Waals surface area (Å²) >= 11 is 0. The molecule has 0 fully saturated rings. The Labute approximate surface area is 146 Å². The van der Waals surface area contributed by atoms with Crippen molar-refractivity contribution in [3.05, 3.63) is 72.1 Å². The Morgan fingerprint density at radius 2 is 2.04 bits per heavy atom. The maximum Gasteiger partial charge on any atom is 0.269 e. The highest BCUT2D eigenvalue weighted by molar-refractivity contribution is 5.98. The Morgan fingerprint density at radius 1 is 1.20 bits per heavy atom. The summed E-state index contributed by atoms with van der Waals surface area (Å²) in [7, 11) is 1.62. The lowest BCUT2D eigenvalue weighted by Gasteiger charge is -2.07. The molecule has 6 heteroatoms. The maximum atomic E-state index is 12.2. The Morgan fingerprint density at radius 3 is 2.80 bits per heavy atom. The summed E-state index contributed by atoms with van der Waals surface area (Å²) in [4.78, 5) is 28.1. The van der Waals surface area contributed by atoms with Crippen molar-refractivity contribution in [2.75, 3.05) is 20.2 Å². The summed E-state index contributed by atoms with van der Waals surface area (Å²) in [5.41, 5.74) is 1.65. The van der Waals surface area contributed by atoms with Crippen molar-refractivity contribution in [1.82, 2.24) is 15.6 Å². The van der Waals surface area contributed by atoms with Crippen molar-refractivity contribution in [3.8, 4) is 5.75 Å². The summed E-state index contributed by atoms with van der Waals surface area (Å²) < 4.78 is 5.17. The van der Waals surface area contributed by atoms with Gasteiger partial charge in [0.25, 0.3) is 11.8 Å². The van der Waals surface area contributed by atoms with Gasteiger partial charge in [0.15, 0.2) is 0 Å². The summed E-state index contributed by atoms with van der Waals surface area (Å²) in [5, 5.41) is 5.47. The standard InChI is InChI=1S/C19H21N3O3/c1-3-9-21-18(23)15-8-11-20-17(13-15)19(24)22-10-7-14-5-4-6-16(12-14)25-2/h3-6,8,11-13H,1,7,9-10H2,2H3,(H,21,23)(H,22,24). The third-order valence-electron chi connectivity index (χ3n) is 3.50. The van der Waals surface area contributed by atoms with Crippen LogP contribution in [0, 0.1) is 0 Å². The minimum absolute atomic E-state index is 0.205. The molecule has 0 aliphatic carbocycles. The lowest BCUT2D eigenvalue weighted by atomic mass is 10.1. The molecule has 0 saturated heterocycles. The van der Waals surface area contributed by atoms with Gasteiger partial charge < -0.3 is 15.4 Å². The number of benzene rings is 1. The number of nitrogens with one attached hydrogen (secondary N) is 2. The summed E-state index contributed by atoms with van der Waals surface area (Å²) in [6, 6.07) is 10.7. The molecular weight excluding hydrogens is 318 g/mol. The monoisotopic (exact) mass is 339 g/mol. The Bertz CT molecular complexity index is 759. The SMILES string of the molecule is C=CCNC(=O)c1ccnc(C(=O)NCCc2cccc(OC)c2)c1. The normalized spacial score (nSPS) is 9.96. The van der Waals surface area contributed by atoms with Crippen molar-refractivity contribution in [2.24, 2.45) is 0 Å². The van der Waals surface area contributed by atoms with E-state index in [1.165, 1.54) is 12.3 Å². The van der Waals surface area contributed by atoms with Crippen molar-refractivity contribution < 1.29 is 14.3 Å². The van der Waals surface area contributed by atoms with Crippen LogP contribution in [0.5, 0.6) is 5.75 Å².